The summed E-state index contributed by atoms with van der Waals surface area (Å²) in [7, 11) is -4.52. The lowest BCUT2D eigenvalue weighted by atomic mass is 10.0. The van der Waals surface area contributed by atoms with Gasteiger partial charge in [0.25, 0.3) is 0 Å². The molecule has 49 heavy (non-hydrogen) atoms. The highest BCUT2D eigenvalue weighted by atomic mass is 31.2. The lowest BCUT2D eigenvalue weighted by Gasteiger charge is -2.20. The highest BCUT2D eigenvalue weighted by molar-refractivity contribution is 7.47. The van der Waals surface area contributed by atoms with Gasteiger partial charge in [-0.25, -0.2) is 4.57 Å². The van der Waals surface area contributed by atoms with E-state index in [9.17, 15) is 19.4 Å². The molecule has 0 aliphatic carbocycles. The number of hydrogen-bond acceptors (Lipinski definition) is 8. The summed E-state index contributed by atoms with van der Waals surface area (Å²) in [5, 5.41) is 18.3. The van der Waals surface area contributed by atoms with Gasteiger partial charge in [-0.15, -0.1) is 0 Å². The number of phosphoric ester groups is 1. The zero-order valence-corrected chi connectivity index (χ0v) is 32.1. The number of hydrogen-bond donors (Lipinski definition) is 3. The Labute approximate surface area is 299 Å². The van der Waals surface area contributed by atoms with Crippen LogP contribution in [0.1, 0.15) is 162 Å². The summed E-state index contributed by atoms with van der Waals surface area (Å²) in [5.41, 5.74) is 0. The third-order valence-electron chi connectivity index (χ3n) is 8.09. The van der Waals surface area contributed by atoms with E-state index in [1.54, 1.807) is 0 Å². The molecular weight excluding hydrogens is 643 g/mol. The van der Waals surface area contributed by atoms with Gasteiger partial charge in [0, 0.05) is 13.0 Å². The Hall–Kier alpha value is -1.32. The van der Waals surface area contributed by atoms with E-state index in [0.29, 0.717) is 13.0 Å². The van der Waals surface area contributed by atoms with Gasteiger partial charge in [0.15, 0.2) is 0 Å². The van der Waals surface area contributed by atoms with Crippen LogP contribution in [0.3, 0.4) is 0 Å². The van der Waals surface area contributed by atoms with Crippen LogP contribution in [0, 0.1) is 0 Å². The van der Waals surface area contributed by atoms with Gasteiger partial charge in [-0.2, -0.15) is 0 Å². The highest BCUT2D eigenvalue weighted by Gasteiger charge is 2.26. The van der Waals surface area contributed by atoms with Crippen molar-refractivity contribution in [2.75, 3.05) is 33.0 Å². The number of allylic oxidation sites excluding steroid dienone is 6. The molecule has 0 radical (unpaired) electrons. The van der Waals surface area contributed by atoms with Crippen molar-refractivity contribution >= 4 is 13.8 Å². The maximum absolute atomic E-state index is 12.5. The van der Waals surface area contributed by atoms with E-state index in [0.717, 1.165) is 57.8 Å². The van der Waals surface area contributed by atoms with Crippen molar-refractivity contribution in [3.63, 3.8) is 0 Å². The first-order valence-corrected chi connectivity index (χ1v) is 21.0. The molecule has 0 aliphatic rings. The standard InChI is InChI=1S/C39H73O9P/c1-3-5-7-9-11-13-15-17-18-20-22-24-26-28-30-32-45-35-38(36-47-49(43,44)46-34-37(41)33-40)48-39(42)31-29-27-25-23-21-19-16-14-12-10-8-6-4-2/h6,8,12,14,19,21,37-38,40-41H,3-5,7,9-11,13,15-18,20,22-36H2,1-2H3,(H,43,44)/b8-6-,14-12-,21-19-. The van der Waals surface area contributed by atoms with E-state index >= 15 is 0 Å². The fourth-order valence-electron chi connectivity index (χ4n) is 5.13. The van der Waals surface area contributed by atoms with Crippen molar-refractivity contribution in [2.45, 2.75) is 174 Å². The quantitative estimate of drug-likeness (QED) is 0.0249. The summed E-state index contributed by atoms with van der Waals surface area (Å²) < 4.78 is 33.2. The maximum Gasteiger partial charge on any atom is 0.472 e. The Balaban J connectivity index is 4.25. The number of aliphatic hydroxyl groups excluding tert-OH is 2. The molecule has 9 nitrogen and oxygen atoms in total. The number of unbranched alkanes of at least 4 members (excludes halogenated alkanes) is 17. The molecule has 0 spiro atoms. The largest absolute Gasteiger partial charge is 0.472 e. The lowest BCUT2D eigenvalue weighted by Crippen LogP contribution is -2.29. The topological polar surface area (TPSA) is 132 Å². The molecule has 0 saturated carbocycles. The van der Waals surface area contributed by atoms with Crippen molar-refractivity contribution in [3.8, 4) is 0 Å². The van der Waals surface area contributed by atoms with Crippen LogP contribution in [0.15, 0.2) is 36.5 Å². The van der Waals surface area contributed by atoms with Gasteiger partial charge < -0.3 is 24.6 Å². The van der Waals surface area contributed by atoms with Crippen molar-refractivity contribution in [1.82, 2.24) is 0 Å². The van der Waals surface area contributed by atoms with Gasteiger partial charge in [0.05, 0.1) is 26.4 Å². The van der Waals surface area contributed by atoms with Gasteiger partial charge in [0.2, 0.25) is 0 Å². The minimum atomic E-state index is -4.52. The van der Waals surface area contributed by atoms with Gasteiger partial charge in [-0.1, -0.05) is 147 Å². The highest BCUT2D eigenvalue weighted by Crippen LogP contribution is 2.43. The average molecular weight is 717 g/mol. The molecular formula is C39H73O9P. The van der Waals surface area contributed by atoms with Crippen LogP contribution in [-0.2, 0) is 27.9 Å². The molecule has 0 bridgehead atoms. The molecule has 0 fully saturated rings. The minimum absolute atomic E-state index is 0.0394. The number of rotatable bonds is 37. The third kappa shape index (κ3) is 36.3. The monoisotopic (exact) mass is 716 g/mol. The van der Waals surface area contributed by atoms with E-state index in [-0.39, 0.29) is 19.6 Å². The second-order valence-corrected chi connectivity index (χ2v) is 14.4. The first-order valence-electron chi connectivity index (χ1n) is 19.5. The summed E-state index contributed by atoms with van der Waals surface area (Å²) in [4.78, 5) is 22.5. The SMILES string of the molecule is CC/C=C\C/C=C\C/C=C\CCCCCC(=O)OC(COCCCCCCCCCCCCCCCCC)COP(=O)(O)OCC(O)CO. The number of aliphatic hydroxyl groups is 2. The molecule has 0 heterocycles. The van der Waals surface area contributed by atoms with Gasteiger partial charge in [-0.3, -0.25) is 13.8 Å². The number of carbonyl (C=O) groups is 1. The first-order chi connectivity index (χ1) is 23.8. The second kappa shape index (κ2) is 36.5. The number of carbonyl (C=O) groups excluding carboxylic acids is 1. The number of ether oxygens (including phenoxy) is 2. The fraction of sp³-hybridized carbons (Fsp3) is 0.821. The van der Waals surface area contributed by atoms with Gasteiger partial charge in [-0.05, 0) is 44.9 Å². The zero-order chi connectivity index (χ0) is 36.1. The predicted molar refractivity (Wildman–Crippen MR) is 200 cm³/mol. The number of phosphoric acid groups is 1. The van der Waals surface area contributed by atoms with Crippen molar-refractivity contribution < 1.29 is 43.0 Å². The molecule has 0 aromatic carbocycles. The van der Waals surface area contributed by atoms with Crippen LogP contribution in [0.5, 0.6) is 0 Å². The van der Waals surface area contributed by atoms with Crippen molar-refractivity contribution in [3.05, 3.63) is 36.5 Å². The zero-order valence-electron chi connectivity index (χ0n) is 31.2. The Morgan fingerprint density at radius 2 is 1.16 bits per heavy atom. The smallest absolute Gasteiger partial charge is 0.457 e. The molecule has 0 amide bonds. The molecule has 10 heteroatoms. The van der Waals surface area contributed by atoms with E-state index in [2.05, 4.69) is 50.3 Å². The molecule has 0 aromatic heterocycles. The molecule has 0 saturated heterocycles. The summed E-state index contributed by atoms with van der Waals surface area (Å²) >= 11 is 0. The fourth-order valence-corrected chi connectivity index (χ4v) is 5.92. The summed E-state index contributed by atoms with van der Waals surface area (Å²) in [6.45, 7) is 3.36. The normalized spacial score (nSPS) is 14.6. The molecule has 0 rings (SSSR count). The van der Waals surface area contributed by atoms with Crippen molar-refractivity contribution in [2.24, 2.45) is 0 Å². The average Bonchev–Trinajstić information content (AvgIpc) is 3.09. The molecule has 0 aromatic rings. The first kappa shape index (κ1) is 47.7. The van der Waals surface area contributed by atoms with Crippen LogP contribution >= 0.6 is 7.82 Å². The predicted octanol–water partition coefficient (Wildman–Crippen LogP) is 10.1. The summed E-state index contributed by atoms with van der Waals surface area (Å²) in [6, 6.07) is 0. The Bertz CT molecular complexity index is 861. The molecule has 3 unspecified atom stereocenters. The van der Waals surface area contributed by atoms with E-state index < -0.39 is 39.2 Å². The Morgan fingerprint density at radius 3 is 1.73 bits per heavy atom. The van der Waals surface area contributed by atoms with Crippen LogP contribution in [-0.4, -0.2) is 66.3 Å². The van der Waals surface area contributed by atoms with Crippen molar-refractivity contribution in [1.29, 1.82) is 0 Å². The Kier molecular flexibility index (Phi) is 35.5. The van der Waals surface area contributed by atoms with Crippen LogP contribution in [0.4, 0.5) is 0 Å². The number of esters is 1. The summed E-state index contributed by atoms with van der Waals surface area (Å²) in [6.07, 6.45) is 36.7. The Morgan fingerprint density at radius 1 is 0.653 bits per heavy atom. The molecule has 288 valence electrons. The molecule has 0 aliphatic heterocycles. The minimum Gasteiger partial charge on any atom is -0.457 e. The van der Waals surface area contributed by atoms with Crippen LogP contribution in [0.25, 0.3) is 0 Å². The van der Waals surface area contributed by atoms with Crippen LogP contribution in [0.2, 0.25) is 0 Å². The summed E-state index contributed by atoms with van der Waals surface area (Å²) in [5.74, 6) is -0.411. The third-order valence-corrected chi connectivity index (χ3v) is 9.04. The van der Waals surface area contributed by atoms with E-state index in [1.807, 2.05) is 0 Å². The van der Waals surface area contributed by atoms with E-state index in [1.165, 1.54) is 77.0 Å². The van der Waals surface area contributed by atoms with Gasteiger partial charge >= 0.3 is 13.8 Å². The van der Waals surface area contributed by atoms with E-state index in [4.69, 9.17) is 23.6 Å². The van der Waals surface area contributed by atoms with Crippen LogP contribution < -0.4 is 0 Å². The maximum atomic E-state index is 12.5. The van der Waals surface area contributed by atoms with Gasteiger partial charge in [0.1, 0.15) is 12.2 Å². The lowest BCUT2D eigenvalue weighted by molar-refractivity contribution is -0.154. The molecule has 3 atom stereocenters. The second-order valence-electron chi connectivity index (χ2n) is 12.9. The molecule has 3 N–H and O–H groups in total.